The average molecular weight is 332 g/mol. The standard InChI is InChI=1S/C20H20N4O/c1-24(2)19-17(20(25)22-13-15-9-5-3-6-10-15)14-21-18(23-19)16-11-7-4-8-12-16/h3-12,14H,13H2,1-2H3,(H,22,25). The van der Waals surface area contributed by atoms with Gasteiger partial charge in [0.05, 0.1) is 0 Å². The van der Waals surface area contributed by atoms with Crippen LogP contribution in [0.2, 0.25) is 0 Å². The van der Waals surface area contributed by atoms with Gasteiger partial charge < -0.3 is 10.2 Å². The minimum Gasteiger partial charge on any atom is -0.362 e. The van der Waals surface area contributed by atoms with Gasteiger partial charge in [0.1, 0.15) is 11.4 Å². The van der Waals surface area contributed by atoms with Crippen LogP contribution in [0.4, 0.5) is 5.82 Å². The lowest BCUT2D eigenvalue weighted by atomic mass is 10.2. The van der Waals surface area contributed by atoms with E-state index in [0.29, 0.717) is 23.8 Å². The van der Waals surface area contributed by atoms with Crippen LogP contribution in [0.5, 0.6) is 0 Å². The van der Waals surface area contributed by atoms with Gasteiger partial charge in [-0.3, -0.25) is 4.79 Å². The number of hydrogen-bond acceptors (Lipinski definition) is 4. The van der Waals surface area contributed by atoms with E-state index in [-0.39, 0.29) is 5.91 Å². The number of nitrogens with zero attached hydrogens (tertiary/aromatic N) is 3. The fraction of sp³-hybridized carbons (Fsp3) is 0.150. The molecule has 1 heterocycles. The average Bonchev–Trinajstić information content (AvgIpc) is 2.67. The van der Waals surface area contributed by atoms with Crippen molar-refractivity contribution in [2.45, 2.75) is 6.54 Å². The topological polar surface area (TPSA) is 58.1 Å². The summed E-state index contributed by atoms with van der Waals surface area (Å²) in [5.74, 6) is 1.01. The van der Waals surface area contributed by atoms with Gasteiger partial charge in [0, 0.05) is 32.4 Å². The van der Waals surface area contributed by atoms with Gasteiger partial charge >= 0.3 is 0 Å². The molecule has 3 rings (SSSR count). The van der Waals surface area contributed by atoms with Crippen molar-refractivity contribution in [3.8, 4) is 11.4 Å². The molecule has 5 nitrogen and oxygen atoms in total. The summed E-state index contributed by atoms with van der Waals surface area (Å²) in [6, 6.07) is 19.5. The molecular formula is C20H20N4O. The Morgan fingerprint density at radius 1 is 1.00 bits per heavy atom. The zero-order valence-corrected chi connectivity index (χ0v) is 14.3. The van der Waals surface area contributed by atoms with Crippen molar-refractivity contribution in [2.24, 2.45) is 0 Å². The zero-order valence-electron chi connectivity index (χ0n) is 14.3. The number of amides is 1. The molecule has 126 valence electrons. The Kier molecular flexibility index (Phi) is 5.04. The number of nitrogens with one attached hydrogen (secondary N) is 1. The normalized spacial score (nSPS) is 10.3. The highest BCUT2D eigenvalue weighted by atomic mass is 16.1. The van der Waals surface area contributed by atoms with Gasteiger partial charge in [-0.15, -0.1) is 0 Å². The van der Waals surface area contributed by atoms with Crippen LogP contribution < -0.4 is 10.2 Å². The lowest BCUT2D eigenvalue weighted by Gasteiger charge is -2.16. The molecule has 0 atom stereocenters. The molecule has 0 saturated carbocycles. The number of carbonyl (C=O) groups excluding carboxylic acids is 1. The fourth-order valence-electron chi connectivity index (χ4n) is 2.47. The second-order valence-electron chi connectivity index (χ2n) is 5.86. The second-order valence-corrected chi connectivity index (χ2v) is 5.86. The minimum atomic E-state index is -0.188. The Morgan fingerprint density at radius 2 is 1.64 bits per heavy atom. The largest absolute Gasteiger partial charge is 0.362 e. The molecule has 0 aliphatic carbocycles. The van der Waals surface area contributed by atoms with Crippen molar-refractivity contribution >= 4 is 11.7 Å². The number of rotatable bonds is 5. The van der Waals surface area contributed by atoms with E-state index < -0.39 is 0 Å². The summed E-state index contributed by atoms with van der Waals surface area (Å²) in [5, 5.41) is 2.92. The summed E-state index contributed by atoms with van der Waals surface area (Å²) in [6.45, 7) is 0.465. The van der Waals surface area contributed by atoms with Crippen LogP contribution in [0, 0.1) is 0 Å². The lowest BCUT2D eigenvalue weighted by molar-refractivity contribution is 0.0951. The minimum absolute atomic E-state index is 0.188. The molecule has 0 spiro atoms. The predicted molar refractivity (Wildman–Crippen MR) is 99.4 cm³/mol. The number of aromatic nitrogens is 2. The number of carbonyl (C=O) groups is 1. The molecule has 1 aromatic heterocycles. The van der Waals surface area contributed by atoms with Crippen LogP contribution in [0.1, 0.15) is 15.9 Å². The molecule has 1 amide bonds. The monoisotopic (exact) mass is 332 g/mol. The molecule has 2 aromatic carbocycles. The van der Waals surface area contributed by atoms with Crippen molar-refractivity contribution in [3.05, 3.63) is 78.0 Å². The van der Waals surface area contributed by atoms with Crippen molar-refractivity contribution in [2.75, 3.05) is 19.0 Å². The van der Waals surface area contributed by atoms with Gasteiger partial charge in [-0.2, -0.15) is 0 Å². The maximum absolute atomic E-state index is 12.6. The van der Waals surface area contributed by atoms with E-state index in [1.54, 1.807) is 6.20 Å². The first-order chi connectivity index (χ1) is 12.1. The van der Waals surface area contributed by atoms with Gasteiger partial charge in [0.15, 0.2) is 5.82 Å². The summed E-state index contributed by atoms with van der Waals surface area (Å²) < 4.78 is 0. The van der Waals surface area contributed by atoms with Gasteiger partial charge in [0.25, 0.3) is 5.91 Å². The molecule has 1 N–H and O–H groups in total. The highest BCUT2D eigenvalue weighted by Gasteiger charge is 2.16. The van der Waals surface area contributed by atoms with Crippen LogP contribution in [0.15, 0.2) is 66.9 Å². The third-order valence-corrected chi connectivity index (χ3v) is 3.76. The Balaban J connectivity index is 1.84. The molecular weight excluding hydrogens is 312 g/mol. The molecule has 0 fully saturated rings. The van der Waals surface area contributed by atoms with E-state index in [9.17, 15) is 4.79 Å². The Morgan fingerprint density at radius 3 is 2.28 bits per heavy atom. The highest BCUT2D eigenvalue weighted by Crippen LogP contribution is 2.21. The first-order valence-electron chi connectivity index (χ1n) is 8.07. The summed E-state index contributed by atoms with van der Waals surface area (Å²) in [6.07, 6.45) is 1.59. The van der Waals surface area contributed by atoms with Crippen molar-refractivity contribution in [1.29, 1.82) is 0 Å². The molecule has 25 heavy (non-hydrogen) atoms. The maximum atomic E-state index is 12.6. The molecule has 0 aliphatic rings. The molecule has 0 bridgehead atoms. The van der Waals surface area contributed by atoms with Crippen LogP contribution in [0.25, 0.3) is 11.4 Å². The molecule has 0 aliphatic heterocycles. The van der Waals surface area contributed by atoms with Crippen molar-refractivity contribution < 1.29 is 4.79 Å². The predicted octanol–water partition coefficient (Wildman–Crippen LogP) is 3.14. The summed E-state index contributed by atoms with van der Waals surface area (Å²) >= 11 is 0. The van der Waals surface area contributed by atoms with E-state index in [0.717, 1.165) is 11.1 Å². The van der Waals surface area contributed by atoms with Crippen molar-refractivity contribution in [3.63, 3.8) is 0 Å². The molecule has 0 saturated heterocycles. The van der Waals surface area contributed by atoms with Gasteiger partial charge in [-0.05, 0) is 5.56 Å². The van der Waals surface area contributed by atoms with Crippen LogP contribution in [0.3, 0.4) is 0 Å². The summed E-state index contributed by atoms with van der Waals surface area (Å²) in [7, 11) is 3.73. The third-order valence-electron chi connectivity index (χ3n) is 3.76. The Bertz CT molecular complexity index is 848. The van der Waals surface area contributed by atoms with E-state index in [4.69, 9.17) is 0 Å². The Labute approximate surface area is 147 Å². The summed E-state index contributed by atoms with van der Waals surface area (Å²) in [5.41, 5.74) is 2.42. The van der Waals surface area contributed by atoms with Crippen LogP contribution >= 0.6 is 0 Å². The van der Waals surface area contributed by atoms with E-state index in [2.05, 4.69) is 15.3 Å². The van der Waals surface area contributed by atoms with Crippen LogP contribution in [-0.4, -0.2) is 30.0 Å². The quantitative estimate of drug-likeness (QED) is 0.780. The van der Waals surface area contributed by atoms with E-state index in [1.807, 2.05) is 79.7 Å². The molecule has 5 heteroatoms. The third kappa shape index (κ3) is 4.01. The Hall–Kier alpha value is -3.21. The molecule has 0 unspecified atom stereocenters. The first kappa shape index (κ1) is 16.6. The fourth-order valence-corrected chi connectivity index (χ4v) is 2.47. The SMILES string of the molecule is CN(C)c1nc(-c2ccccc2)ncc1C(=O)NCc1ccccc1. The van der Waals surface area contributed by atoms with Gasteiger partial charge in [0.2, 0.25) is 0 Å². The number of benzene rings is 2. The highest BCUT2D eigenvalue weighted by molar-refractivity contribution is 5.98. The lowest BCUT2D eigenvalue weighted by Crippen LogP contribution is -2.26. The molecule has 0 radical (unpaired) electrons. The molecule has 3 aromatic rings. The van der Waals surface area contributed by atoms with E-state index >= 15 is 0 Å². The first-order valence-corrected chi connectivity index (χ1v) is 8.07. The van der Waals surface area contributed by atoms with Crippen LogP contribution in [-0.2, 0) is 6.54 Å². The second kappa shape index (κ2) is 7.57. The van der Waals surface area contributed by atoms with Gasteiger partial charge in [-0.1, -0.05) is 60.7 Å². The van der Waals surface area contributed by atoms with Crippen molar-refractivity contribution in [1.82, 2.24) is 15.3 Å². The number of hydrogen-bond donors (Lipinski definition) is 1. The smallest absolute Gasteiger partial charge is 0.256 e. The van der Waals surface area contributed by atoms with Gasteiger partial charge in [-0.25, -0.2) is 9.97 Å². The number of anilines is 1. The summed E-state index contributed by atoms with van der Waals surface area (Å²) in [4.78, 5) is 23.3. The maximum Gasteiger partial charge on any atom is 0.256 e. The zero-order chi connectivity index (χ0) is 17.6. The van der Waals surface area contributed by atoms with E-state index in [1.165, 1.54) is 0 Å².